The van der Waals surface area contributed by atoms with Gasteiger partial charge in [0.25, 0.3) is 5.91 Å². The van der Waals surface area contributed by atoms with Crippen molar-refractivity contribution < 1.29 is 42.1 Å². The molecule has 1 aliphatic carbocycles. The molecule has 0 bridgehead atoms. The fraction of sp³-hybridized carbons (Fsp3) is 0.595. The second-order valence-electron chi connectivity index (χ2n) is 13.8. The minimum Gasteiger partial charge on any atom is -0.490 e. The van der Waals surface area contributed by atoms with Gasteiger partial charge in [0.2, 0.25) is 0 Å². The van der Waals surface area contributed by atoms with Crippen LogP contribution in [0.25, 0.3) is 0 Å². The van der Waals surface area contributed by atoms with Crippen LogP contribution in [0.3, 0.4) is 0 Å². The molecule has 5 amide bonds. The third-order valence-electron chi connectivity index (χ3n) is 9.51. The average Bonchev–Trinajstić information content (AvgIpc) is 3.09. The number of carbonyl (C=O) groups is 3. The quantitative estimate of drug-likeness (QED) is 0.241. The molecule has 0 saturated heterocycles. The normalized spacial score (nSPS) is 21.8. The van der Waals surface area contributed by atoms with Crippen molar-refractivity contribution in [3.63, 3.8) is 0 Å². The Bertz CT molecular complexity index is 1450. The number of ether oxygens (including phenoxy) is 2. The van der Waals surface area contributed by atoms with Crippen LogP contribution in [0.2, 0.25) is 0 Å². The molecule has 0 radical (unpaired) electrons. The number of anilines is 2. The molecular weight excluding hydrogens is 667 g/mol. The molecule has 14 heteroatoms. The van der Waals surface area contributed by atoms with Crippen LogP contribution >= 0.6 is 0 Å². The second-order valence-corrected chi connectivity index (χ2v) is 13.8. The topological polar surface area (TPSA) is 132 Å². The maximum atomic E-state index is 14.4. The van der Waals surface area contributed by atoms with E-state index in [1.807, 2.05) is 13.8 Å². The van der Waals surface area contributed by atoms with Gasteiger partial charge in [0.15, 0.2) is 0 Å². The number of rotatable bonds is 7. The number of amides is 5. The van der Waals surface area contributed by atoms with Gasteiger partial charge in [0.1, 0.15) is 5.75 Å². The highest BCUT2D eigenvalue weighted by Crippen LogP contribution is 2.31. The molecule has 1 saturated carbocycles. The number of nitrogens with one attached hydrogen (secondary N) is 3. The van der Waals surface area contributed by atoms with E-state index in [-0.39, 0.29) is 54.2 Å². The van der Waals surface area contributed by atoms with E-state index in [1.54, 1.807) is 35.9 Å². The number of halogens is 3. The molecule has 51 heavy (non-hydrogen) atoms. The monoisotopic (exact) mass is 719 g/mol. The van der Waals surface area contributed by atoms with Crippen LogP contribution in [-0.2, 0) is 10.9 Å². The summed E-state index contributed by atoms with van der Waals surface area (Å²) in [4.78, 5) is 43.5. The molecule has 2 aromatic rings. The van der Waals surface area contributed by atoms with Gasteiger partial charge in [-0.2, -0.15) is 13.2 Å². The number of urea groups is 2. The summed E-state index contributed by atoms with van der Waals surface area (Å²) in [6.45, 7) is 6.27. The number of alkyl halides is 3. The summed E-state index contributed by atoms with van der Waals surface area (Å²) in [5.41, 5.74) is -0.271. The number of likely N-dealkylation sites (N-methyl/N-ethyl adjacent to an activating group) is 1. The van der Waals surface area contributed by atoms with Crippen molar-refractivity contribution in [3.05, 3.63) is 53.6 Å². The van der Waals surface area contributed by atoms with Crippen molar-refractivity contribution in [1.29, 1.82) is 0 Å². The Kier molecular flexibility index (Phi) is 14.4. The van der Waals surface area contributed by atoms with Crippen LogP contribution in [-0.4, -0.2) is 90.5 Å². The number of hydrogen-bond acceptors (Lipinski definition) is 6. The molecule has 4 atom stereocenters. The van der Waals surface area contributed by atoms with Crippen molar-refractivity contribution in [2.75, 3.05) is 44.0 Å². The van der Waals surface area contributed by atoms with E-state index in [0.29, 0.717) is 25.3 Å². The van der Waals surface area contributed by atoms with Gasteiger partial charge in [-0.3, -0.25) is 4.79 Å². The lowest BCUT2D eigenvalue weighted by Gasteiger charge is -2.36. The Morgan fingerprint density at radius 2 is 1.63 bits per heavy atom. The zero-order valence-electron chi connectivity index (χ0n) is 29.9. The highest BCUT2D eigenvalue weighted by molar-refractivity contribution is 6.02. The summed E-state index contributed by atoms with van der Waals surface area (Å²) in [7, 11) is 1.75. The van der Waals surface area contributed by atoms with Crippen LogP contribution in [0.1, 0.15) is 88.1 Å². The zero-order chi connectivity index (χ0) is 37.1. The van der Waals surface area contributed by atoms with E-state index in [0.717, 1.165) is 62.8 Å². The van der Waals surface area contributed by atoms with Gasteiger partial charge in [-0.15, -0.1) is 0 Å². The molecule has 1 heterocycles. The summed E-state index contributed by atoms with van der Waals surface area (Å²) in [6.07, 6.45) is 2.44. The van der Waals surface area contributed by atoms with E-state index in [4.69, 9.17) is 9.47 Å². The Hall–Kier alpha value is -4.04. The lowest BCUT2D eigenvalue weighted by atomic mass is 9.96. The third kappa shape index (κ3) is 11.7. The molecule has 282 valence electrons. The molecular formula is C37H52F3N5O6. The Morgan fingerprint density at radius 1 is 0.980 bits per heavy atom. The number of hydrogen-bond donors (Lipinski definition) is 4. The predicted octanol–water partition coefficient (Wildman–Crippen LogP) is 7.12. The lowest BCUT2D eigenvalue weighted by Crippen LogP contribution is -2.50. The SMILES string of the molecule is C[C@@H]1CCCCO[C@H](CN(C)C(=O)NC2CCCCC2)[C@@H](C)CN([C@@H](C)CO)C(=O)c2cc(NC(=O)Nc3ccc(C(F)(F)F)cc3)ccc2O1. The molecule has 2 aliphatic rings. The molecule has 4 N–H and O–H groups in total. The molecule has 11 nitrogen and oxygen atoms in total. The first-order valence-electron chi connectivity index (χ1n) is 17.9. The standard InChI is InChI=1S/C37H52F3N5O6/c1-24-21-45(25(2)23-46)34(47)31-20-30(42-35(48)41-29-15-13-27(14-16-29)37(38,39)40)17-18-32(31)51-26(3)10-8-9-19-50-33(24)22-44(4)36(49)43-28-11-6-5-7-12-28/h13-18,20,24-26,28,33,46H,5-12,19,21-23H2,1-4H3,(H,43,49)(H2,41,42,48)/t24-,25-,26+,33+/m0/s1. The van der Waals surface area contributed by atoms with Gasteiger partial charge in [0, 0.05) is 50.1 Å². The molecule has 4 rings (SSSR count). The first kappa shape index (κ1) is 39.7. The fourth-order valence-electron chi connectivity index (χ4n) is 6.38. The lowest BCUT2D eigenvalue weighted by molar-refractivity contribution is -0.137. The minimum atomic E-state index is -4.50. The van der Waals surface area contributed by atoms with Gasteiger partial charge >= 0.3 is 18.2 Å². The smallest absolute Gasteiger partial charge is 0.416 e. The minimum absolute atomic E-state index is 0.151. The Labute approximate surface area is 298 Å². The first-order chi connectivity index (χ1) is 24.2. The summed E-state index contributed by atoms with van der Waals surface area (Å²) in [5.74, 6) is -0.362. The molecule has 0 spiro atoms. The fourth-order valence-corrected chi connectivity index (χ4v) is 6.38. The average molecular weight is 720 g/mol. The van der Waals surface area contributed by atoms with Gasteiger partial charge in [0.05, 0.1) is 36.0 Å². The van der Waals surface area contributed by atoms with Crippen molar-refractivity contribution >= 4 is 29.3 Å². The van der Waals surface area contributed by atoms with Crippen LogP contribution in [0.5, 0.6) is 5.75 Å². The van der Waals surface area contributed by atoms with Crippen molar-refractivity contribution in [2.45, 2.75) is 103 Å². The highest BCUT2D eigenvalue weighted by atomic mass is 19.4. The zero-order valence-corrected chi connectivity index (χ0v) is 29.9. The number of aliphatic hydroxyl groups is 1. The van der Waals surface area contributed by atoms with Crippen LogP contribution in [0.15, 0.2) is 42.5 Å². The number of fused-ring (bicyclic) bond motifs is 1. The third-order valence-corrected chi connectivity index (χ3v) is 9.51. The van der Waals surface area contributed by atoms with E-state index in [2.05, 4.69) is 16.0 Å². The maximum Gasteiger partial charge on any atom is 0.416 e. The van der Waals surface area contributed by atoms with Crippen molar-refractivity contribution in [3.8, 4) is 5.75 Å². The number of nitrogens with zero attached hydrogens (tertiary/aromatic N) is 2. The van der Waals surface area contributed by atoms with E-state index in [9.17, 15) is 32.7 Å². The summed E-state index contributed by atoms with van der Waals surface area (Å²) in [6, 6.07) is 7.40. The van der Waals surface area contributed by atoms with E-state index >= 15 is 0 Å². The molecule has 0 unspecified atom stereocenters. The van der Waals surface area contributed by atoms with Crippen LogP contribution < -0.4 is 20.7 Å². The van der Waals surface area contributed by atoms with Gasteiger partial charge in [-0.25, -0.2) is 9.59 Å². The molecule has 1 aliphatic heterocycles. The predicted molar refractivity (Wildman–Crippen MR) is 189 cm³/mol. The number of benzene rings is 2. The molecule has 2 aromatic carbocycles. The van der Waals surface area contributed by atoms with Gasteiger partial charge in [-0.1, -0.05) is 26.2 Å². The van der Waals surface area contributed by atoms with E-state index < -0.39 is 35.8 Å². The molecule has 0 aromatic heterocycles. The summed E-state index contributed by atoms with van der Waals surface area (Å²) in [5, 5.41) is 18.5. The van der Waals surface area contributed by atoms with Crippen LogP contribution in [0.4, 0.5) is 34.1 Å². The van der Waals surface area contributed by atoms with Crippen molar-refractivity contribution in [1.82, 2.24) is 15.1 Å². The first-order valence-corrected chi connectivity index (χ1v) is 17.9. The second kappa shape index (κ2) is 18.5. The Morgan fingerprint density at radius 3 is 2.29 bits per heavy atom. The number of aliphatic hydroxyl groups excluding tert-OH is 1. The molecule has 1 fully saturated rings. The van der Waals surface area contributed by atoms with E-state index in [1.165, 1.54) is 12.5 Å². The number of carbonyl (C=O) groups excluding carboxylic acids is 3. The van der Waals surface area contributed by atoms with Crippen molar-refractivity contribution in [2.24, 2.45) is 5.92 Å². The summed E-state index contributed by atoms with van der Waals surface area (Å²) < 4.78 is 51.5. The Balaban J connectivity index is 1.55. The highest BCUT2D eigenvalue weighted by Gasteiger charge is 2.32. The van der Waals surface area contributed by atoms with Crippen LogP contribution in [0, 0.1) is 5.92 Å². The van der Waals surface area contributed by atoms with Gasteiger partial charge in [-0.05, 0) is 88.4 Å². The summed E-state index contributed by atoms with van der Waals surface area (Å²) >= 11 is 0. The van der Waals surface area contributed by atoms with Gasteiger partial charge < -0.3 is 40.3 Å². The largest absolute Gasteiger partial charge is 0.490 e. The maximum absolute atomic E-state index is 14.4.